The van der Waals surface area contributed by atoms with E-state index in [0.29, 0.717) is 12.1 Å². The highest BCUT2D eigenvalue weighted by molar-refractivity contribution is 14.0. The number of hydrogen-bond donors (Lipinski definition) is 2. The zero-order valence-corrected chi connectivity index (χ0v) is 20.6. The SMILES string of the molecule is CC1CC(NC(=NCCCN2CCOCC2)NCCc2ccco2)CN1C1CC1.I. The van der Waals surface area contributed by atoms with Crippen LogP contribution in [0.4, 0.5) is 0 Å². The Kier molecular flexibility index (Phi) is 9.73. The van der Waals surface area contributed by atoms with Gasteiger partial charge in [-0.1, -0.05) is 0 Å². The molecule has 0 aromatic carbocycles. The van der Waals surface area contributed by atoms with Gasteiger partial charge in [0.05, 0.1) is 19.5 Å². The second kappa shape index (κ2) is 12.3. The van der Waals surface area contributed by atoms with E-state index in [0.717, 1.165) is 83.1 Å². The first-order valence-electron chi connectivity index (χ1n) is 11.4. The molecule has 2 unspecified atom stereocenters. The number of furan rings is 1. The van der Waals surface area contributed by atoms with Crippen molar-refractivity contribution in [3.05, 3.63) is 24.2 Å². The molecule has 8 heteroatoms. The number of morpholine rings is 1. The van der Waals surface area contributed by atoms with E-state index in [1.54, 1.807) is 6.26 Å². The van der Waals surface area contributed by atoms with Crippen LogP contribution in [0.2, 0.25) is 0 Å². The number of likely N-dealkylation sites (tertiary alicyclic amines) is 1. The summed E-state index contributed by atoms with van der Waals surface area (Å²) in [5, 5.41) is 7.24. The molecule has 0 radical (unpaired) electrons. The van der Waals surface area contributed by atoms with Crippen molar-refractivity contribution in [2.24, 2.45) is 4.99 Å². The predicted molar refractivity (Wildman–Crippen MR) is 131 cm³/mol. The van der Waals surface area contributed by atoms with Crippen molar-refractivity contribution in [3.8, 4) is 0 Å². The fourth-order valence-electron chi connectivity index (χ4n) is 4.49. The van der Waals surface area contributed by atoms with Crippen LogP contribution < -0.4 is 10.6 Å². The van der Waals surface area contributed by atoms with E-state index in [4.69, 9.17) is 14.1 Å². The highest BCUT2D eigenvalue weighted by Gasteiger charge is 2.38. The van der Waals surface area contributed by atoms with E-state index in [-0.39, 0.29) is 24.0 Å². The van der Waals surface area contributed by atoms with Gasteiger partial charge in [0.2, 0.25) is 0 Å². The van der Waals surface area contributed by atoms with Crippen molar-refractivity contribution in [1.82, 2.24) is 20.4 Å². The van der Waals surface area contributed by atoms with Crippen molar-refractivity contribution in [2.45, 2.75) is 57.2 Å². The van der Waals surface area contributed by atoms with Crippen LogP contribution in [-0.4, -0.2) is 86.4 Å². The first kappa shape index (κ1) is 23.8. The Morgan fingerprint density at radius 2 is 2.10 bits per heavy atom. The van der Waals surface area contributed by atoms with Gasteiger partial charge in [0.1, 0.15) is 5.76 Å². The maximum Gasteiger partial charge on any atom is 0.191 e. The second-order valence-electron chi connectivity index (χ2n) is 8.65. The molecule has 3 heterocycles. The summed E-state index contributed by atoms with van der Waals surface area (Å²) >= 11 is 0. The Hall–Kier alpha value is -0.840. The van der Waals surface area contributed by atoms with Gasteiger partial charge in [-0.3, -0.25) is 14.8 Å². The zero-order chi connectivity index (χ0) is 19.9. The number of nitrogens with one attached hydrogen (secondary N) is 2. The maximum absolute atomic E-state index is 5.45. The third kappa shape index (κ3) is 7.39. The van der Waals surface area contributed by atoms with Gasteiger partial charge in [0.15, 0.2) is 5.96 Å². The second-order valence-corrected chi connectivity index (χ2v) is 8.65. The van der Waals surface area contributed by atoms with Crippen LogP contribution in [0.3, 0.4) is 0 Å². The lowest BCUT2D eigenvalue weighted by molar-refractivity contribution is 0.0377. The first-order chi connectivity index (χ1) is 14.3. The summed E-state index contributed by atoms with van der Waals surface area (Å²) in [7, 11) is 0. The van der Waals surface area contributed by atoms with E-state index in [1.807, 2.05) is 12.1 Å². The molecule has 1 aromatic rings. The van der Waals surface area contributed by atoms with Crippen molar-refractivity contribution in [1.29, 1.82) is 0 Å². The largest absolute Gasteiger partial charge is 0.469 e. The highest BCUT2D eigenvalue weighted by Crippen LogP contribution is 2.33. The molecule has 2 N–H and O–H groups in total. The molecular weight excluding hydrogens is 493 g/mol. The summed E-state index contributed by atoms with van der Waals surface area (Å²) < 4.78 is 10.9. The summed E-state index contributed by atoms with van der Waals surface area (Å²) in [5.41, 5.74) is 0. The van der Waals surface area contributed by atoms with Gasteiger partial charge >= 0.3 is 0 Å². The molecule has 1 saturated carbocycles. The van der Waals surface area contributed by atoms with E-state index in [1.165, 1.54) is 19.3 Å². The van der Waals surface area contributed by atoms with Crippen molar-refractivity contribution < 1.29 is 9.15 Å². The monoisotopic (exact) mass is 531 g/mol. The first-order valence-corrected chi connectivity index (χ1v) is 11.4. The lowest BCUT2D eigenvalue weighted by atomic mass is 10.2. The quantitative estimate of drug-likeness (QED) is 0.221. The minimum absolute atomic E-state index is 0. The normalized spacial score (nSPS) is 25.8. The molecule has 30 heavy (non-hydrogen) atoms. The molecule has 3 aliphatic rings. The summed E-state index contributed by atoms with van der Waals surface area (Å²) in [6, 6.07) is 5.96. The number of rotatable bonds is 9. The number of ether oxygens (including phenoxy) is 1. The fraction of sp³-hybridized carbons (Fsp3) is 0.773. The van der Waals surface area contributed by atoms with E-state index in [9.17, 15) is 0 Å². The van der Waals surface area contributed by atoms with Crippen LogP contribution in [0.15, 0.2) is 27.8 Å². The molecule has 1 aliphatic carbocycles. The average molecular weight is 531 g/mol. The minimum Gasteiger partial charge on any atom is -0.469 e. The lowest BCUT2D eigenvalue weighted by Gasteiger charge is -2.26. The average Bonchev–Trinajstić information content (AvgIpc) is 3.31. The van der Waals surface area contributed by atoms with Gasteiger partial charge in [-0.2, -0.15) is 0 Å². The third-order valence-electron chi connectivity index (χ3n) is 6.23. The fourth-order valence-corrected chi connectivity index (χ4v) is 4.49. The van der Waals surface area contributed by atoms with Crippen LogP contribution in [0, 0.1) is 0 Å². The van der Waals surface area contributed by atoms with Crippen LogP contribution in [0.25, 0.3) is 0 Å². The van der Waals surface area contributed by atoms with Gasteiger partial charge in [0, 0.05) is 63.8 Å². The smallest absolute Gasteiger partial charge is 0.191 e. The summed E-state index contributed by atoms with van der Waals surface area (Å²) in [6.07, 6.45) is 7.64. The highest BCUT2D eigenvalue weighted by atomic mass is 127. The number of guanidine groups is 1. The molecule has 4 rings (SSSR count). The summed E-state index contributed by atoms with van der Waals surface area (Å²) in [5.74, 6) is 1.96. The molecule has 0 spiro atoms. The van der Waals surface area contributed by atoms with Crippen molar-refractivity contribution in [3.63, 3.8) is 0 Å². The van der Waals surface area contributed by atoms with Crippen molar-refractivity contribution >= 4 is 29.9 Å². The van der Waals surface area contributed by atoms with Crippen LogP contribution >= 0.6 is 24.0 Å². The Morgan fingerprint density at radius 3 is 2.83 bits per heavy atom. The van der Waals surface area contributed by atoms with Gasteiger partial charge < -0.3 is 19.8 Å². The molecule has 3 fully saturated rings. The zero-order valence-electron chi connectivity index (χ0n) is 18.2. The standard InChI is InChI=1S/C22H37N5O2.HI/c1-18-16-19(17-27(18)20-5-6-20)25-22(24-9-7-21-4-2-13-29-21)23-8-3-10-26-11-14-28-15-12-26;/h2,4,13,18-20H,3,5-12,14-17H2,1H3,(H2,23,24,25);1H. The van der Waals surface area contributed by atoms with Crippen LogP contribution in [0.5, 0.6) is 0 Å². The number of aliphatic imine (C=N–C) groups is 1. The Labute approximate surface area is 198 Å². The lowest BCUT2D eigenvalue weighted by Crippen LogP contribution is -2.45. The molecular formula is C22H38IN5O2. The van der Waals surface area contributed by atoms with E-state index in [2.05, 4.69) is 27.4 Å². The number of hydrogen-bond acceptors (Lipinski definition) is 5. The van der Waals surface area contributed by atoms with E-state index < -0.39 is 0 Å². The Balaban J connectivity index is 0.00000256. The maximum atomic E-state index is 5.45. The molecule has 1 aromatic heterocycles. The van der Waals surface area contributed by atoms with Gasteiger partial charge in [-0.15, -0.1) is 24.0 Å². The summed E-state index contributed by atoms with van der Waals surface area (Å²) in [6.45, 7) is 10.1. The Bertz CT molecular complexity index is 631. The van der Waals surface area contributed by atoms with Crippen LogP contribution in [-0.2, 0) is 11.2 Å². The van der Waals surface area contributed by atoms with Gasteiger partial charge in [-0.05, 0) is 44.7 Å². The van der Waals surface area contributed by atoms with Crippen molar-refractivity contribution in [2.75, 3.05) is 52.5 Å². The van der Waals surface area contributed by atoms with Crippen LogP contribution in [0.1, 0.15) is 38.4 Å². The molecule has 2 atom stereocenters. The van der Waals surface area contributed by atoms with Gasteiger partial charge in [-0.25, -0.2) is 0 Å². The Morgan fingerprint density at radius 1 is 1.27 bits per heavy atom. The van der Waals surface area contributed by atoms with E-state index >= 15 is 0 Å². The molecule has 170 valence electrons. The molecule has 2 aliphatic heterocycles. The molecule has 0 amide bonds. The number of nitrogens with zero attached hydrogens (tertiary/aromatic N) is 3. The molecule has 7 nitrogen and oxygen atoms in total. The summed E-state index contributed by atoms with van der Waals surface area (Å²) in [4.78, 5) is 10.0. The van der Waals surface area contributed by atoms with Gasteiger partial charge in [0.25, 0.3) is 0 Å². The third-order valence-corrected chi connectivity index (χ3v) is 6.23. The topological polar surface area (TPSA) is 65.3 Å². The predicted octanol–water partition coefficient (Wildman–Crippen LogP) is 2.32. The minimum atomic E-state index is 0. The molecule has 2 saturated heterocycles. The molecule has 0 bridgehead atoms. The number of halogens is 1.